The molecule has 0 fully saturated rings. The van der Waals surface area contributed by atoms with Gasteiger partial charge in [-0.05, 0) is 40.9 Å². The molecule has 1 aromatic rings. The lowest BCUT2D eigenvalue weighted by Crippen LogP contribution is -2.08. The molecule has 0 atom stereocenters. The van der Waals surface area contributed by atoms with Crippen LogP contribution in [-0.4, -0.2) is 31.3 Å². The maximum absolute atomic E-state index is 11.1. The van der Waals surface area contributed by atoms with E-state index in [9.17, 15) is 4.79 Å². The summed E-state index contributed by atoms with van der Waals surface area (Å²) >= 11 is 3.24. The van der Waals surface area contributed by atoms with Crippen LogP contribution < -0.4 is 5.32 Å². The highest BCUT2D eigenvalue weighted by molar-refractivity contribution is 9.10. The lowest BCUT2D eigenvalue weighted by molar-refractivity contribution is 0.0697. The van der Waals surface area contributed by atoms with Gasteiger partial charge in [-0.25, -0.2) is 4.79 Å². The van der Waals surface area contributed by atoms with Gasteiger partial charge in [-0.1, -0.05) is 6.07 Å². The van der Waals surface area contributed by atoms with Crippen molar-refractivity contribution in [3.63, 3.8) is 0 Å². The Bertz CT molecular complexity index is 382. The fourth-order valence-electron chi connectivity index (χ4n) is 1.48. The van der Waals surface area contributed by atoms with Gasteiger partial charge in [0.1, 0.15) is 0 Å². The van der Waals surface area contributed by atoms with Crippen LogP contribution in [0.3, 0.4) is 0 Å². The SMILES string of the molecule is COCCCCNc1cccc(Br)c1C(=O)O. The highest BCUT2D eigenvalue weighted by Crippen LogP contribution is 2.24. The number of methoxy groups -OCH3 is 1. The number of benzene rings is 1. The first-order valence-corrected chi connectivity index (χ1v) is 6.20. The second-order valence-corrected chi connectivity index (χ2v) is 4.45. The predicted molar refractivity (Wildman–Crippen MR) is 70.7 cm³/mol. The minimum atomic E-state index is -0.933. The molecule has 0 aliphatic heterocycles. The fraction of sp³-hybridized carbons (Fsp3) is 0.417. The number of carboxylic acids is 1. The normalized spacial score (nSPS) is 10.2. The van der Waals surface area contributed by atoms with E-state index in [0.717, 1.165) is 26.0 Å². The van der Waals surface area contributed by atoms with Crippen LogP contribution in [-0.2, 0) is 4.74 Å². The summed E-state index contributed by atoms with van der Waals surface area (Å²) in [6.45, 7) is 1.46. The molecule has 2 N–H and O–H groups in total. The largest absolute Gasteiger partial charge is 0.478 e. The Kier molecular flexibility index (Phi) is 6.00. The first kappa shape index (κ1) is 14.0. The van der Waals surface area contributed by atoms with Crippen molar-refractivity contribution < 1.29 is 14.6 Å². The van der Waals surface area contributed by atoms with Crippen molar-refractivity contribution >= 4 is 27.6 Å². The Labute approximate surface area is 109 Å². The highest BCUT2D eigenvalue weighted by Gasteiger charge is 2.13. The number of unbranched alkanes of at least 4 members (excludes halogenated alkanes) is 1. The third-order valence-electron chi connectivity index (χ3n) is 2.32. The Morgan fingerprint density at radius 2 is 2.24 bits per heavy atom. The van der Waals surface area contributed by atoms with Gasteiger partial charge in [-0.15, -0.1) is 0 Å². The zero-order valence-corrected chi connectivity index (χ0v) is 11.3. The van der Waals surface area contributed by atoms with Gasteiger partial charge < -0.3 is 15.2 Å². The molecule has 0 saturated heterocycles. The second-order valence-electron chi connectivity index (χ2n) is 3.59. The number of ether oxygens (including phenoxy) is 1. The van der Waals surface area contributed by atoms with E-state index in [4.69, 9.17) is 9.84 Å². The molecule has 0 aliphatic carbocycles. The van der Waals surface area contributed by atoms with E-state index in [1.807, 2.05) is 6.07 Å². The van der Waals surface area contributed by atoms with Crippen molar-refractivity contribution in [1.82, 2.24) is 0 Å². The number of carbonyl (C=O) groups is 1. The zero-order chi connectivity index (χ0) is 12.7. The van der Waals surface area contributed by atoms with Crippen molar-refractivity contribution in [2.75, 3.05) is 25.6 Å². The van der Waals surface area contributed by atoms with Crippen molar-refractivity contribution in [1.29, 1.82) is 0 Å². The molecule has 0 unspecified atom stereocenters. The molecule has 0 spiro atoms. The van der Waals surface area contributed by atoms with Gasteiger partial charge in [-0.3, -0.25) is 0 Å². The van der Waals surface area contributed by atoms with Crippen LogP contribution >= 0.6 is 15.9 Å². The third-order valence-corrected chi connectivity index (χ3v) is 2.98. The van der Waals surface area contributed by atoms with Crippen LogP contribution in [0.25, 0.3) is 0 Å². The Morgan fingerprint density at radius 3 is 2.88 bits per heavy atom. The van der Waals surface area contributed by atoms with E-state index in [-0.39, 0.29) is 5.56 Å². The number of nitrogens with one attached hydrogen (secondary N) is 1. The van der Waals surface area contributed by atoms with Crippen LogP contribution in [0.15, 0.2) is 22.7 Å². The van der Waals surface area contributed by atoms with Gasteiger partial charge in [0.05, 0.1) is 5.56 Å². The van der Waals surface area contributed by atoms with E-state index in [0.29, 0.717) is 10.2 Å². The Morgan fingerprint density at radius 1 is 1.47 bits per heavy atom. The van der Waals surface area contributed by atoms with E-state index in [1.165, 1.54) is 0 Å². The van der Waals surface area contributed by atoms with Crippen molar-refractivity contribution in [3.05, 3.63) is 28.2 Å². The monoisotopic (exact) mass is 301 g/mol. The summed E-state index contributed by atoms with van der Waals surface area (Å²) in [6, 6.07) is 5.30. The summed E-state index contributed by atoms with van der Waals surface area (Å²) in [5.41, 5.74) is 0.920. The Hall–Kier alpha value is -1.07. The minimum absolute atomic E-state index is 0.277. The number of carboxylic acid groups (broad SMARTS) is 1. The zero-order valence-electron chi connectivity index (χ0n) is 9.70. The number of rotatable bonds is 7. The molecule has 94 valence electrons. The second kappa shape index (κ2) is 7.29. The summed E-state index contributed by atoms with van der Waals surface area (Å²) in [6.07, 6.45) is 1.90. The summed E-state index contributed by atoms with van der Waals surface area (Å²) in [5, 5.41) is 12.2. The van der Waals surface area contributed by atoms with Crippen LogP contribution in [0.5, 0.6) is 0 Å². The van der Waals surface area contributed by atoms with Gasteiger partial charge in [-0.2, -0.15) is 0 Å². The fourth-order valence-corrected chi connectivity index (χ4v) is 2.02. The quantitative estimate of drug-likeness (QED) is 0.760. The lowest BCUT2D eigenvalue weighted by Gasteiger charge is -2.10. The van der Waals surface area contributed by atoms with Crippen LogP contribution in [0.2, 0.25) is 0 Å². The summed E-state index contributed by atoms with van der Waals surface area (Å²) in [7, 11) is 1.67. The van der Waals surface area contributed by atoms with E-state index in [2.05, 4.69) is 21.2 Å². The predicted octanol–water partition coefficient (Wildman–Crippen LogP) is 2.99. The third kappa shape index (κ3) is 4.36. The maximum atomic E-state index is 11.1. The average Bonchev–Trinajstić information content (AvgIpc) is 2.28. The van der Waals surface area contributed by atoms with Crippen molar-refractivity contribution in [3.8, 4) is 0 Å². The molecular formula is C12H16BrNO3. The number of aromatic carboxylic acids is 1. The molecule has 0 radical (unpaired) electrons. The molecule has 0 heterocycles. The average molecular weight is 302 g/mol. The first-order chi connectivity index (χ1) is 8.16. The maximum Gasteiger partial charge on any atom is 0.338 e. The molecule has 4 nitrogen and oxygen atoms in total. The number of halogens is 1. The topological polar surface area (TPSA) is 58.6 Å². The van der Waals surface area contributed by atoms with Crippen LogP contribution in [0, 0.1) is 0 Å². The number of hydrogen-bond donors (Lipinski definition) is 2. The molecule has 0 saturated carbocycles. The van der Waals surface area contributed by atoms with Gasteiger partial charge in [0.2, 0.25) is 0 Å². The molecule has 0 aromatic heterocycles. The highest BCUT2D eigenvalue weighted by atomic mass is 79.9. The summed E-state index contributed by atoms with van der Waals surface area (Å²) < 4.78 is 5.54. The lowest BCUT2D eigenvalue weighted by atomic mass is 10.1. The molecule has 0 aliphatic rings. The Balaban J connectivity index is 2.58. The standard InChI is InChI=1S/C12H16BrNO3/c1-17-8-3-2-7-14-10-6-4-5-9(13)11(10)12(15)16/h4-6,14H,2-3,7-8H2,1H3,(H,15,16). The molecule has 1 aromatic carbocycles. The van der Waals surface area contributed by atoms with E-state index in [1.54, 1.807) is 19.2 Å². The molecule has 5 heteroatoms. The van der Waals surface area contributed by atoms with Crippen molar-refractivity contribution in [2.45, 2.75) is 12.8 Å². The molecule has 0 bridgehead atoms. The van der Waals surface area contributed by atoms with Gasteiger partial charge >= 0.3 is 5.97 Å². The van der Waals surface area contributed by atoms with Gasteiger partial charge in [0.15, 0.2) is 0 Å². The molecular weight excluding hydrogens is 286 g/mol. The first-order valence-electron chi connectivity index (χ1n) is 5.41. The van der Waals surface area contributed by atoms with Crippen molar-refractivity contribution in [2.24, 2.45) is 0 Å². The molecule has 1 rings (SSSR count). The smallest absolute Gasteiger partial charge is 0.338 e. The summed E-state index contributed by atoms with van der Waals surface area (Å²) in [5.74, 6) is -0.933. The summed E-state index contributed by atoms with van der Waals surface area (Å²) in [4.78, 5) is 11.1. The number of hydrogen-bond acceptors (Lipinski definition) is 3. The van der Waals surface area contributed by atoms with E-state index >= 15 is 0 Å². The molecule has 0 amide bonds. The van der Waals surface area contributed by atoms with Gasteiger partial charge in [0, 0.05) is 30.4 Å². The van der Waals surface area contributed by atoms with E-state index < -0.39 is 5.97 Å². The molecule has 17 heavy (non-hydrogen) atoms. The van der Waals surface area contributed by atoms with Crippen LogP contribution in [0.4, 0.5) is 5.69 Å². The van der Waals surface area contributed by atoms with Gasteiger partial charge in [0.25, 0.3) is 0 Å². The minimum Gasteiger partial charge on any atom is -0.478 e. The van der Waals surface area contributed by atoms with Crippen LogP contribution in [0.1, 0.15) is 23.2 Å². The number of anilines is 1.